The van der Waals surface area contributed by atoms with Crippen LogP contribution in [0.1, 0.15) is 31.4 Å². The average molecular weight is 616 g/mol. The highest BCUT2D eigenvalue weighted by Gasteiger charge is 2.34. The van der Waals surface area contributed by atoms with E-state index in [4.69, 9.17) is 21.1 Å². The Bertz CT molecular complexity index is 1450. The number of sulfonamides is 1. The number of rotatable bonds is 14. The quantitative estimate of drug-likeness (QED) is 0.282. The minimum atomic E-state index is -3.98. The van der Waals surface area contributed by atoms with Crippen molar-refractivity contribution in [1.82, 2.24) is 10.2 Å². The smallest absolute Gasteiger partial charge is 0.244 e. The van der Waals surface area contributed by atoms with Gasteiger partial charge < -0.3 is 19.7 Å². The number of carbonyl (C=O) groups excluding carboxylic acids is 2. The number of halogens is 1. The molecule has 0 aromatic heterocycles. The summed E-state index contributed by atoms with van der Waals surface area (Å²) in [7, 11) is -1.11. The van der Waals surface area contributed by atoms with Crippen LogP contribution in [0.3, 0.4) is 0 Å². The van der Waals surface area contributed by atoms with Gasteiger partial charge in [0, 0.05) is 30.1 Å². The average Bonchev–Trinajstić information content (AvgIpc) is 2.97. The van der Waals surface area contributed by atoms with E-state index in [1.807, 2.05) is 44.2 Å². The first-order valence-electron chi connectivity index (χ1n) is 13.5. The highest BCUT2D eigenvalue weighted by Crippen LogP contribution is 2.34. The summed E-state index contributed by atoms with van der Waals surface area (Å²) in [6, 6.07) is 20.0. The van der Waals surface area contributed by atoms with Gasteiger partial charge in [-0.2, -0.15) is 0 Å². The van der Waals surface area contributed by atoms with Crippen molar-refractivity contribution in [2.75, 3.05) is 31.3 Å². The van der Waals surface area contributed by atoms with Crippen molar-refractivity contribution in [3.05, 3.63) is 88.9 Å². The zero-order chi connectivity index (χ0) is 30.9. The first kappa shape index (κ1) is 32.8. The highest BCUT2D eigenvalue weighted by molar-refractivity contribution is 7.92. The molecule has 42 heavy (non-hydrogen) atoms. The first-order valence-corrected chi connectivity index (χ1v) is 15.8. The molecule has 0 aliphatic carbocycles. The molecule has 3 aromatic carbocycles. The Kier molecular flexibility index (Phi) is 11.6. The summed E-state index contributed by atoms with van der Waals surface area (Å²) in [5.74, 6) is -0.269. The van der Waals surface area contributed by atoms with Crippen LogP contribution in [0.15, 0.2) is 72.8 Å². The molecule has 11 heteroatoms. The van der Waals surface area contributed by atoms with Gasteiger partial charge in [-0.15, -0.1) is 0 Å². The van der Waals surface area contributed by atoms with E-state index >= 15 is 0 Å². The number of nitrogens with one attached hydrogen (secondary N) is 1. The van der Waals surface area contributed by atoms with Gasteiger partial charge >= 0.3 is 0 Å². The van der Waals surface area contributed by atoms with Gasteiger partial charge in [0.25, 0.3) is 0 Å². The van der Waals surface area contributed by atoms with Crippen LogP contribution in [0.5, 0.6) is 11.5 Å². The van der Waals surface area contributed by atoms with Gasteiger partial charge in [-0.05, 0) is 48.7 Å². The summed E-state index contributed by atoms with van der Waals surface area (Å²) in [6.07, 6.45) is 1.94. The molecule has 0 aliphatic rings. The van der Waals surface area contributed by atoms with E-state index in [9.17, 15) is 18.0 Å². The lowest BCUT2D eigenvalue weighted by Gasteiger charge is -2.34. The first-order chi connectivity index (χ1) is 20.0. The van der Waals surface area contributed by atoms with Gasteiger partial charge in [-0.25, -0.2) is 8.42 Å². The number of hydrogen-bond acceptors (Lipinski definition) is 6. The SMILES string of the molecule is CC[C@H](C)NC(=O)[C@H](Cc1ccccc1)N(Cc1ccc(Cl)cc1)C(=O)CN(c1cc(OC)ccc1OC)S(C)(=O)=O. The van der Waals surface area contributed by atoms with Crippen molar-refractivity contribution < 1.29 is 27.5 Å². The van der Waals surface area contributed by atoms with Crippen LogP contribution in [0.25, 0.3) is 0 Å². The van der Waals surface area contributed by atoms with Crippen LogP contribution in [0.2, 0.25) is 5.02 Å². The normalized spacial score (nSPS) is 12.6. The summed E-state index contributed by atoms with van der Waals surface area (Å²) in [5.41, 5.74) is 1.72. The minimum Gasteiger partial charge on any atom is -0.497 e. The Balaban J connectivity index is 2.11. The van der Waals surface area contributed by atoms with Crippen LogP contribution in [-0.2, 0) is 32.6 Å². The van der Waals surface area contributed by atoms with Gasteiger partial charge in [-0.3, -0.25) is 13.9 Å². The van der Waals surface area contributed by atoms with E-state index in [0.717, 1.165) is 21.7 Å². The zero-order valence-corrected chi connectivity index (χ0v) is 26.1. The maximum absolute atomic E-state index is 14.2. The molecule has 0 unspecified atom stereocenters. The molecule has 226 valence electrons. The van der Waals surface area contributed by atoms with Crippen molar-refractivity contribution >= 4 is 39.1 Å². The molecule has 2 amide bonds. The molecule has 0 radical (unpaired) electrons. The third-order valence-corrected chi connectivity index (χ3v) is 8.25. The number of anilines is 1. The molecular weight excluding hydrogens is 578 g/mol. The van der Waals surface area contributed by atoms with Crippen LogP contribution >= 0.6 is 11.6 Å². The topological polar surface area (TPSA) is 105 Å². The van der Waals surface area contributed by atoms with Crippen LogP contribution in [-0.4, -0.2) is 64.2 Å². The molecule has 0 saturated heterocycles. The van der Waals surface area contributed by atoms with Crippen LogP contribution in [0.4, 0.5) is 5.69 Å². The summed E-state index contributed by atoms with van der Waals surface area (Å²) < 4.78 is 37.9. The van der Waals surface area contributed by atoms with E-state index in [0.29, 0.717) is 17.2 Å². The van der Waals surface area contributed by atoms with Gasteiger partial charge in [-0.1, -0.05) is 61.0 Å². The van der Waals surface area contributed by atoms with E-state index < -0.39 is 28.5 Å². The van der Waals surface area contributed by atoms with E-state index in [1.54, 1.807) is 36.4 Å². The highest BCUT2D eigenvalue weighted by atomic mass is 35.5. The molecule has 0 heterocycles. The lowest BCUT2D eigenvalue weighted by Crippen LogP contribution is -2.54. The van der Waals surface area contributed by atoms with Gasteiger partial charge in [0.1, 0.15) is 24.1 Å². The van der Waals surface area contributed by atoms with Crippen molar-refractivity contribution in [2.45, 2.75) is 45.3 Å². The summed E-state index contributed by atoms with van der Waals surface area (Å²) in [5, 5.41) is 3.53. The zero-order valence-electron chi connectivity index (χ0n) is 24.5. The van der Waals surface area contributed by atoms with Gasteiger partial charge in [0.2, 0.25) is 21.8 Å². The Morgan fingerprint density at radius 1 is 0.952 bits per heavy atom. The number of amides is 2. The van der Waals surface area contributed by atoms with Crippen LogP contribution in [0, 0.1) is 0 Å². The molecule has 0 fully saturated rings. The van der Waals surface area contributed by atoms with Gasteiger partial charge in [0.05, 0.1) is 26.2 Å². The van der Waals surface area contributed by atoms with Crippen molar-refractivity contribution in [3.8, 4) is 11.5 Å². The summed E-state index contributed by atoms with van der Waals surface area (Å²) in [6.45, 7) is 3.33. The number of benzene rings is 3. The van der Waals surface area contributed by atoms with Crippen molar-refractivity contribution in [3.63, 3.8) is 0 Å². The monoisotopic (exact) mass is 615 g/mol. The number of nitrogens with zero attached hydrogens (tertiary/aromatic N) is 2. The van der Waals surface area contributed by atoms with Crippen LogP contribution < -0.4 is 19.1 Å². The standard InChI is InChI=1S/C31H38ClN3O6S/c1-6-22(2)33-31(37)28(18-23-10-8-7-9-11-23)34(20-24-12-14-25(32)15-13-24)30(36)21-35(42(5,38)39)27-19-26(40-3)16-17-29(27)41-4/h7-17,19,22,28H,6,18,20-21H2,1-5H3,(H,33,37)/t22-,28-/m0/s1. The fourth-order valence-corrected chi connectivity index (χ4v) is 5.34. The molecule has 2 atom stereocenters. The van der Waals surface area contributed by atoms with E-state index in [-0.39, 0.29) is 36.4 Å². The molecule has 9 nitrogen and oxygen atoms in total. The second-order valence-electron chi connectivity index (χ2n) is 9.98. The van der Waals surface area contributed by atoms with E-state index in [1.165, 1.54) is 25.2 Å². The van der Waals surface area contributed by atoms with E-state index in [2.05, 4.69) is 5.32 Å². The Morgan fingerprint density at radius 3 is 2.19 bits per heavy atom. The lowest BCUT2D eigenvalue weighted by molar-refractivity contribution is -0.140. The Morgan fingerprint density at radius 2 is 1.62 bits per heavy atom. The predicted octanol–water partition coefficient (Wildman–Crippen LogP) is 4.68. The molecule has 3 rings (SSSR count). The number of carbonyl (C=O) groups is 2. The molecule has 0 saturated carbocycles. The molecule has 0 bridgehead atoms. The van der Waals surface area contributed by atoms with Gasteiger partial charge in [0.15, 0.2) is 0 Å². The number of ether oxygens (including phenoxy) is 2. The number of methoxy groups -OCH3 is 2. The molecule has 3 aromatic rings. The minimum absolute atomic E-state index is 0.0499. The molecule has 1 N–H and O–H groups in total. The fraction of sp³-hybridized carbons (Fsp3) is 0.355. The maximum Gasteiger partial charge on any atom is 0.244 e. The fourth-order valence-electron chi connectivity index (χ4n) is 4.37. The lowest BCUT2D eigenvalue weighted by atomic mass is 10.0. The summed E-state index contributed by atoms with van der Waals surface area (Å²) in [4.78, 5) is 29.4. The predicted molar refractivity (Wildman–Crippen MR) is 166 cm³/mol. The largest absolute Gasteiger partial charge is 0.497 e. The molecular formula is C31H38ClN3O6S. The number of hydrogen-bond donors (Lipinski definition) is 1. The second kappa shape index (κ2) is 14.9. The summed E-state index contributed by atoms with van der Waals surface area (Å²) >= 11 is 6.10. The Hall–Kier alpha value is -3.76. The molecule has 0 aliphatic heterocycles. The third-order valence-electron chi connectivity index (χ3n) is 6.87. The Labute approximate surface area is 253 Å². The van der Waals surface area contributed by atoms with Crippen molar-refractivity contribution in [1.29, 1.82) is 0 Å². The molecule has 0 spiro atoms. The second-order valence-corrected chi connectivity index (χ2v) is 12.3. The maximum atomic E-state index is 14.2. The van der Waals surface area contributed by atoms with Crippen molar-refractivity contribution in [2.24, 2.45) is 0 Å². The third kappa shape index (κ3) is 8.87.